The molecule has 1 amide bonds. The number of benzene rings is 1. The summed E-state index contributed by atoms with van der Waals surface area (Å²) in [6.45, 7) is 2.88. The molecule has 1 heterocycles. The van der Waals surface area contributed by atoms with Crippen LogP contribution in [0.3, 0.4) is 0 Å². The molecule has 1 aromatic carbocycles. The maximum absolute atomic E-state index is 12.1. The van der Waals surface area contributed by atoms with Crippen LogP contribution >= 0.6 is 0 Å². The van der Waals surface area contributed by atoms with Gasteiger partial charge in [-0.2, -0.15) is 0 Å². The van der Waals surface area contributed by atoms with Crippen LogP contribution in [0.15, 0.2) is 42.0 Å². The number of hydrogen-bond donors (Lipinski definition) is 4. The van der Waals surface area contributed by atoms with E-state index < -0.39 is 0 Å². The van der Waals surface area contributed by atoms with Crippen LogP contribution in [0.25, 0.3) is 10.9 Å². The third-order valence-electron chi connectivity index (χ3n) is 5.41. The van der Waals surface area contributed by atoms with Crippen molar-refractivity contribution in [3.8, 4) is 0 Å². The number of aromatic amines is 1. The van der Waals surface area contributed by atoms with Crippen molar-refractivity contribution < 1.29 is 14.7 Å². The predicted molar refractivity (Wildman–Crippen MR) is 115 cm³/mol. The Morgan fingerprint density at radius 1 is 1.31 bits per heavy atom. The zero-order chi connectivity index (χ0) is 20.6. The lowest BCUT2D eigenvalue weighted by Crippen LogP contribution is -2.39. The highest BCUT2D eigenvalue weighted by atomic mass is 16.3. The van der Waals surface area contributed by atoms with Crippen LogP contribution in [-0.2, 0) is 29.0 Å². The molecule has 4 rings (SSSR count). The first-order valence-corrected chi connectivity index (χ1v) is 10.2. The van der Waals surface area contributed by atoms with Crippen molar-refractivity contribution in [2.45, 2.75) is 51.6 Å². The summed E-state index contributed by atoms with van der Waals surface area (Å²) in [4.78, 5) is 24.0. The van der Waals surface area contributed by atoms with E-state index >= 15 is 0 Å². The number of carboxylic acid groups (broad SMARTS) is 1. The first kappa shape index (κ1) is 20.9. The molecule has 0 aliphatic heterocycles. The van der Waals surface area contributed by atoms with Crippen LogP contribution in [0.1, 0.15) is 43.0 Å². The maximum atomic E-state index is 12.1. The Balaban J connectivity index is 0.000000755. The summed E-state index contributed by atoms with van der Waals surface area (Å²) >= 11 is 0. The summed E-state index contributed by atoms with van der Waals surface area (Å²) < 4.78 is 0. The number of fused-ring (bicyclic) bond motifs is 3. The molecule has 0 saturated carbocycles. The lowest BCUT2D eigenvalue weighted by Gasteiger charge is -2.17. The summed E-state index contributed by atoms with van der Waals surface area (Å²) in [7, 11) is 0. The average Bonchev–Trinajstić information content (AvgIpc) is 3.08. The van der Waals surface area contributed by atoms with Crippen molar-refractivity contribution in [1.29, 1.82) is 0 Å². The van der Waals surface area contributed by atoms with Gasteiger partial charge >= 0.3 is 0 Å². The van der Waals surface area contributed by atoms with Crippen molar-refractivity contribution in [3.05, 3.63) is 58.8 Å². The van der Waals surface area contributed by atoms with E-state index in [1.54, 1.807) is 0 Å². The summed E-state index contributed by atoms with van der Waals surface area (Å²) in [6, 6.07) is 6.72. The Bertz CT molecular complexity index is 927. The molecule has 29 heavy (non-hydrogen) atoms. The standard InChI is InChI=1S/C22H27N3O.CH2O2/c1-15-6-9-17(10-7-15)24-22(26)14-23-13-16-8-11-21-19(12-16)18-4-2-3-5-20(18)25-21;2-1-3/h6-9,11-12,17,23,25H,2-5,10,13-14H2,1H3,(H,24,26);1H,(H,2,3). The zero-order valence-electron chi connectivity index (χ0n) is 16.8. The Kier molecular flexibility index (Phi) is 7.25. The van der Waals surface area contributed by atoms with E-state index in [0.717, 1.165) is 6.42 Å². The molecule has 4 N–H and O–H groups in total. The number of nitrogens with one attached hydrogen (secondary N) is 3. The number of aromatic nitrogens is 1. The minimum Gasteiger partial charge on any atom is -0.483 e. The van der Waals surface area contributed by atoms with Gasteiger partial charge in [0, 0.05) is 23.1 Å². The average molecular weight is 396 g/mol. The molecule has 1 aromatic heterocycles. The molecule has 1 atom stereocenters. The normalized spacial score (nSPS) is 17.7. The minimum atomic E-state index is -0.250. The minimum absolute atomic E-state index is 0.0488. The van der Waals surface area contributed by atoms with Gasteiger partial charge in [-0.1, -0.05) is 29.9 Å². The van der Waals surface area contributed by atoms with Gasteiger partial charge in [0.15, 0.2) is 0 Å². The van der Waals surface area contributed by atoms with Gasteiger partial charge in [0.1, 0.15) is 0 Å². The van der Waals surface area contributed by atoms with E-state index in [9.17, 15) is 4.79 Å². The predicted octanol–water partition coefficient (Wildman–Crippen LogP) is 3.23. The smallest absolute Gasteiger partial charge is 0.290 e. The third kappa shape index (κ3) is 5.57. The molecule has 0 radical (unpaired) electrons. The lowest BCUT2D eigenvalue weighted by atomic mass is 9.95. The zero-order valence-corrected chi connectivity index (χ0v) is 16.8. The van der Waals surface area contributed by atoms with Crippen LogP contribution in [-0.4, -0.2) is 35.1 Å². The first-order valence-electron chi connectivity index (χ1n) is 10.2. The molecular formula is C23H29N3O3. The summed E-state index contributed by atoms with van der Waals surface area (Å²) in [5.74, 6) is 0.0488. The van der Waals surface area contributed by atoms with E-state index in [1.807, 2.05) is 0 Å². The molecule has 2 aliphatic carbocycles. The van der Waals surface area contributed by atoms with Gasteiger partial charge in [0.05, 0.1) is 12.6 Å². The Morgan fingerprint density at radius 3 is 2.86 bits per heavy atom. The maximum Gasteiger partial charge on any atom is 0.290 e. The largest absolute Gasteiger partial charge is 0.483 e. The van der Waals surface area contributed by atoms with Crippen molar-refractivity contribution in [3.63, 3.8) is 0 Å². The van der Waals surface area contributed by atoms with Gasteiger partial charge in [-0.3, -0.25) is 9.59 Å². The van der Waals surface area contributed by atoms with E-state index in [2.05, 4.69) is 59.0 Å². The highest BCUT2D eigenvalue weighted by Crippen LogP contribution is 2.29. The van der Waals surface area contributed by atoms with E-state index in [1.165, 1.54) is 59.0 Å². The Hall–Kier alpha value is -2.86. The van der Waals surface area contributed by atoms with Crippen molar-refractivity contribution >= 4 is 23.3 Å². The lowest BCUT2D eigenvalue weighted by molar-refractivity contribution is -0.123. The number of carbonyl (C=O) groups is 2. The Morgan fingerprint density at radius 2 is 2.10 bits per heavy atom. The molecule has 0 saturated heterocycles. The summed E-state index contributed by atoms with van der Waals surface area (Å²) in [6.07, 6.45) is 12.1. The molecule has 6 nitrogen and oxygen atoms in total. The highest BCUT2D eigenvalue weighted by Gasteiger charge is 2.15. The second kappa shape index (κ2) is 10.1. The molecule has 0 spiro atoms. The van der Waals surface area contributed by atoms with Gasteiger partial charge in [-0.05, 0) is 62.3 Å². The van der Waals surface area contributed by atoms with Crippen molar-refractivity contribution in [2.24, 2.45) is 0 Å². The quantitative estimate of drug-likeness (QED) is 0.585. The first-order chi connectivity index (χ1) is 14.1. The van der Waals surface area contributed by atoms with Crippen LogP contribution in [0.4, 0.5) is 0 Å². The van der Waals surface area contributed by atoms with Crippen molar-refractivity contribution in [1.82, 2.24) is 15.6 Å². The fourth-order valence-corrected chi connectivity index (χ4v) is 3.98. The van der Waals surface area contributed by atoms with Gasteiger partial charge in [-0.15, -0.1) is 0 Å². The number of amides is 1. The third-order valence-corrected chi connectivity index (χ3v) is 5.41. The van der Waals surface area contributed by atoms with Gasteiger partial charge in [0.2, 0.25) is 5.91 Å². The van der Waals surface area contributed by atoms with Gasteiger partial charge in [-0.25, -0.2) is 0 Å². The van der Waals surface area contributed by atoms with Crippen LogP contribution in [0.5, 0.6) is 0 Å². The number of aryl methyl sites for hydroxylation is 2. The molecule has 6 heteroatoms. The monoisotopic (exact) mass is 395 g/mol. The summed E-state index contributed by atoms with van der Waals surface area (Å²) in [5.41, 5.74) is 6.65. The van der Waals surface area contributed by atoms with E-state index in [-0.39, 0.29) is 18.4 Å². The van der Waals surface area contributed by atoms with Crippen LogP contribution in [0, 0.1) is 0 Å². The van der Waals surface area contributed by atoms with Gasteiger partial charge < -0.3 is 20.7 Å². The van der Waals surface area contributed by atoms with E-state index in [4.69, 9.17) is 9.90 Å². The molecular weight excluding hydrogens is 366 g/mol. The molecule has 0 fully saturated rings. The second-order valence-corrected chi connectivity index (χ2v) is 7.60. The topological polar surface area (TPSA) is 94.2 Å². The van der Waals surface area contributed by atoms with E-state index in [0.29, 0.717) is 13.1 Å². The van der Waals surface area contributed by atoms with Crippen LogP contribution < -0.4 is 10.6 Å². The SMILES string of the molecule is CC1=CCC(NC(=O)CNCc2ccc3[nH]c4c(c3c2)CCCC4)C=C1.O=CO. The number of carbonyl (C=O) groups excluding carboxylic acids is 1. The second-order valence-electron chi connectivity index (χ2n) is 7.60. The highest BCUT2D eigenvalue weighted by molar-refractivity contribution is 5.85. The van der Waals surface area contributed by atoms with Gasteiger partial charge in [0.25, 0.3) is 6.47 Å². The van der Waals surface area contributed by atoms with Crippen molar-refractivity contribution in [2.75, 3.05) is 6.54 Å². The molecule has 2 aromatic rings. The summed E-state index contributed by atoms with van der Waals surface area (Å²) in [5, 5.41) is 14.6. The molecule has 2 aliphatic rings. The molecule has 1 unspecified atom stereocenters. The number of H-pyrrole nitrogens is 1. The fourth-order valence-electron chi connectivity index (χ4n) is 3.98. The fraction of sp³-hybridized carbons (Fsp3) is 0.391. The number of rotatable bonds is 5. The number of allylic oxidation sites excluding steroid dienone is 2. The molecule has 0 bridgehead atoms. The number of hydrogen-bond acceptors (Lipinski definition) is 3. The Labute approximate surface area is 171 Å². The van der Waals surface area contributed by atoms with Crippen LogP contribution in [0.2, 0.25) is 0 Å². The molecule has 154 valence electrons.